The van der Waals surface area contributed by atoms with Crippen molar-refractivity contribution >= 4 is 15.9 Å². The summed E-state index contributed by atoms with van der Waals surface area (Å²) in [4.78, 5) is 14.0. The molecule has 0 radical (unpaired) electrons. The van der Waals surface area contributed by atoms with E-state index in [-0.39, 0.29) is 43.6 Å². The summed E-state index contributed by atoms with van der Waals surface area (Å²) in [6, 6.07) is 21.7. The Balaban J connectivity index is 1.38. The molecule has 9 heteroatoms. The smallest absolute Gasteiger partial charge is 0.248 e. The molecular formula is C25H24F2N2O4S. The summed E-state index contributed by atoms with van der Waals surface area (Å²) in [5.41, 5.74) is 1.84. The summed E-state index contributed by atoms with van der Waals surface area (Å²) < 4.78 is 59.4. The molecule has 1 amide bonds. The zero-order chi connectivity index (χ0) is 24.1. The van der Waals surface area contributed by atoms with Gasteiger partial charge >= 0.3 is 0 Å². The van der Waals surface area contributed by atoms with Crippen molar-refractivity contribution in [1.29, 1.82) is 0 Å². The number of sulfonamides is 1. The standard InChI is InChI=1S/C25H24F2N2O4S/c26-22-12-11-21(17-23(22)27)34(31,32)29-15-13-28(14-16-29)24(30)18-33-25(19-7-3-1-4-8-19)20-9-5-2-6-10-20/h1-12,17,25H,13-16,18H2. The first-order valence-corrected chi connectivity index (χ1v) is 12.2. The molecule has 0 aliphatic carbocycles. The molecule has 0 N–H and O–H groups in total. The van der Waals surface area contributed by atoms with E-state index < -0.39 is 27.8 Å². The van der Waals surface area contributed by atoms with Crippen LogP contribution >= 0.6 is 0 Å². The summed E-state index contributed by atoms with van der Waals surface area (Å²) in [6.07, 6.45) is -0.415. The fourth-order valence-corrected chi connectivity index (χ4v) is 5.29. The van der Waals surface area contributed by atoms with Gasteiger partial charge < -0.3 is 9.64 Å². The van der Waals surface area contributed by atoms with Gasteiger partial charge in [0, 0.05) is 26.2 Å². The van der Waals surface area contributed by atoms with Crippen LogP contribution in [0.15, 0.2) is 83.8 Å². The Labute approximate surface area is 197 Å². The van der Waals surface area contributed by atoms with Crippen LogP contribution in [0.2, 0.25) is 0 Å². The van der Waals surface area contributed by atoms with Crippen LogP contribution in [0.25, 0.3) is 0 Å². The average Bonchev–Trinajstić information content (AvgIpc) is 2.87. The minimum Gasteiger partial charge on any atom is -0.359 e. The van der Waals surface area contributed by atoms with Gasteiger partial charge in [-0.05, 0) is 29.3 Å². The van der Waals surface area contributed by atoms with Crippen molar-refractivity contribution in [3.8, 4) is 0 Å². The third-order valence-electron chi connectivity index (χ3n) is 5.70. The molecule has 4 rings (SSSR count). The fraction of sp³-hybridized carbons (Fsp3) is 0.240. The van der Waals surface area contributed by atoms with E-state index in [9.17, 15) is 22.0 Å². The summed E-state index contributed by atoms with van der Waals surface area (Å²) in [6.45, 7) is 0.283. The molecule has 0 spiro atoms. The molecular weight excluding hydrogens is 462 g/mol. The van der Waals surface area contributed by atoms with Gasteiger partial charge in [0.1, 0.15) is 12.7 Å². The van der Waals surface area contributed by atoms with Crippen molar-refractivity contribution < 1.29 is 26.7 Å². The molecule has 1 aliphatic rings. The Morgan fingerprint density at radius 3 is 1.91 bits per heavy atom. The van der Waals surface area contributed by atoms with Crippen molar-refractivity contribution in [2.75, 3.05) is 32.8 Å². The lowest BCUT2D eigenvalue weighted by atomic mass is 10.0. The van der Waals surface area contributed by atoms with Crippen molar-refractivity contribution in [2.24, 2.45) is 0 Å². The molecule has 6 nitrogen and oxygen atoms in total. The fourth-order valence-electron chi connectivity index (χ4n) is 3.85. The van der Waals surface area contributed by atoms with E-state index in [0.717, 1.165) is 23.3 Å². The topological polar surface area (TPSA) is 66.9 Å². The minimum atomic E-state index is -3.99. The van der Waals surface area contributed by atoms with E-state index in [1.165, 1.54) is 4.31 Å². The van der Waals surface area contributed by atoms with E-state index in [0.29, 0.717) is 6.07 Å². The highest BCUT2D eigenvalue weighted by Crippen LogP contribution is 2.26. The molecule has 1 saturated heterocycles. The van der Waals surface area contributed by atoms with Gasteiger partial charge in [-0.2, -0.15) is 4.31 Å². The van der Waals surface area contributed by atoms with E-state index >= 15 is 0 Å². The lowest BCUT2D eigenvalue weighted by molar-refractivity contribution is -0.138. The van der Waals surface area contributed by atoms with Crippen LogP contribution in [-0.4, -0.2) is 56.3 Å². The van der Waals surface area contributed by atoms with Gasteiger partial charge in [0.25, 0.3) is 0 Å². The predicted octanol–water partition coefficient (Wildman–Crippen LogP) is 3.60. The van der Waals surface area contributed by atoms with E-state index in [2.05, 4.69) is 0 Å². The van der Waals surface area contributed by atoms with Gasteiger partial charge in [-0.1, -0.05) is 60.7 Å². The number of ether oxygens (including phenoxy) is 1. The summed E-state index contributed by atoms with van der Waals surface area (Å²) in [5, 5.41) is 0. The van der Waals surface area contributed by atoms with Crippen LogP contribution in [0.4, 0.5) is 8.78 Å². The molecule has 0 atom stereocenters. The predicted molar refractivity (Wildman–Crippen MR) is 122 cm³/mol. The van der Waals surface area contributed by atoms with Gasteiger partial charge in [-0.25, -0.2) is 17.2 Å². The van der Waals surface area contributed by atoms with Crippen LogP contribution in [0.3, 0.4) is 0 Å². The Bertz CT molecular complexity index is 1190. The van der Waals surface area contributed by atoms with Crippen molar-refractivity contribution in [3.63, 3.8) is 0 Å². The van der Waals surface area contributed by atoms with Crippen LogP contribution in [-0.2, 0) is 19.6 Å². The monoisotopic (exact) mass is 486 g/mol. The molecule has 34 heavy (non-hydrogen) atoms. The summed E-state index contributed by atoms with van der Waals surface area (Å²) >= 11 is 0. The molecule has 1 fully saturated rings. The molecule has 0 unspecified atom stereocenters. The molecule has 0 saturated carbocycles. The van der Waals surface area contributed by atoms with Gasteiger partial charge in [-0.3, -0.25) is 4.79 Å². The number of hydrogen-bond acceptors (Lipinski definition) is 4. The van der Waals surface area contributed by atoms with Crippen LogP contribution in [0.5, 0.6) is 0 Å². The highest BCUT2D eigenvalue weighted by atomic mass is 32.2. The number of piperazine rings is 1. The maximum Gasteiger partial charge on any atom is 0.248 e. The maximum absolute atomic E-state index is 13.5. The molecule has 1 aliphatic heterocycles. The van der Waals surface area contributed by atoms with Crippen LogP contribution in [0, 0.1) is 11.6 Å². The first-order valence-electron chi connectivity index (χ1n) is 10.8. The third kappa shape index (κ3) is 5.32. The van der Waals surface area contributed by atoms with Crippen molar-refractivity contribution in [1.82, 2.24) is 9.21 Å². The van der Waals surface area contributed by atoms with Gasteiger partial charge in [0.15, 0.2) is 11.6 Å². The van der Waals surface area contributed by atoms with E-state index in [4.69, 9.17) is 4.74 Å². The molecule has 178 valence electrons. The molecule has 1 heterocycles. The average molecular weight is 487 g/mol. The Morgan fingerprint density at radius 1 is 0.824 bits per heavy atom. The molecule has 0 bridgehead atoms. The lowest BCUT2D eigenvalue weighted by Crippen LogP contribution is -2.51. The quantitative estimate of drug-likeness (QED) is 0.512. The van der Waals surface area contributed by atoms with E-state index in [1.807, 2.05) is 60.7 Å². The van der Waals surface area contributed by atoms with Gasteiger partial charge in [-0.15, -0.1) is 0 Å². The molecule has 3 aromatic rings. The number of hydrogen-bond donors (Lipinski definition) is 0. The third-order valence-corrected chi connectivity index (χ3v) is 7.59. The number of halogens is 2. The highest BCUT2D eigenvalue weighted by Gasteiger charge is 2.31. The summed E-state index contributed by atoms with van der Waals surface area (Å²) in [7, 11) is -3.99. The minimum absolute atomic E-state index is 0.0495. The number of carbonyl (C=O) groups excluding carboxylic acids is 1. The van der Waals surface area contributed by atoms with Gasteiger partial charge in [0.05, 0.1) is 4.90 Å². The lowest BCUT2D eigenvalue weighted by Gasteiger charge is -2.34. The number of rotatable bonds is 7. The van der Waals surface area contributed by atoms with Gasteiger partial charge in [0.2, 0.25) is 15.9 Å². The first-order chi connectivity index (χ1) is 16.4. The normalized spacial score (nSPS) is 15.0. The largest absolute Gasteiger partial charge is 0.359 e. The van der Waals surface area contributed by atoms with Crippen molar-refractivity contribution in [3.05, 3.63) is 102 Å². The first kappa shape index (κ1) is 24.0. The summed E-state index contributed by atoms with van der Waals surface area (Å²) in [5.74, 6) is -2.58. The Kier molecular flexibility index (Phi) is 7.35. The molecule has 0 aromatic heterocycles. The second-order valence-corrected chi connectivity index (χ2v) is 9.81. The highest BCUT2D eigenvalue weighted by molar-refractivity contribution is 7.89. The molecule has 3 aromatic carbocycles. The Morgan fingerprint density at radius 2 is 1.38 bits per heavy atom. The zero-order valence-electron chi connectivity index (χ0n) is 18.3. The number of carbonyl (C=O) groups is 1. The maximum atomic E-state index is 13.5. The van der Waals surface area contributed by atoms with Crippen molar-refractivity contribution in [2.45, 2.75) is 11.0 Å². The second-order valence-electron chi connectivity index (χ2n) is 7.87. The number of benzene rings is 3. The van der Waals surface area contributed by atoms with Crippen LogP contribution in [0.1, 0.15) is 17.2 Å². The van der Waals surface area contributed by atoms with Crippen LogP contribution < -0.4 is 0 Å². The van der Waals surface area contributed by atoms with E-state index in [1.54, 1.807) is 4.90 Å². The number of nitrogens with zero attached hydrogens (tertiary/aromatic N) is 2. The second kappa shape index (κ2) is 10.4. The zero-order valence-corrected chi connectivity index (χ0v) is 19.1. The Hall–Kier alpha value is -3.14. The SMILES string of the molecule is O=C(COC(c1ccccc1)c1ccccc1)N1CCN(S(=O)(=O)c2ccc(F)c(F)c2)CC1. The number of amides is 1.